The first kappa shape index (κ1) is 16.9. The molecule has 0 spiro atoms. The molecular formula is C14H14N4O4. The van der Waals surface area contributed by atoms with E-state index in [0.717, 1.165) is 0 Å². The summed E-state index contributed by atoms with van der Waals surface area (Å²) in [6.45, 7) is 0.128. The zero-order chi connectivity index (χ0) is 16.4. The molecule has 1 amide bonds. The smallest absolute Gasteiger partial charge is 0.273 e. The van der Waals surface area contributed by atoms with Crippen molar-refractivity contribution in [3.63, 3.8) is 0 Å². The molecule has 0 fully saturated rings. The van der Waals surface area contributed by atoms with Gasteiger partial charge >= 0.3 is 0 Å². The Bertz CT molecular complexity index is 600. The molecule has 8 heteroatoms. The second-order valence-corrected chi connectivity index (χ2v) is 4.24. The van der Waals surface area contributed by atoms with Crippen LogP contribution in [0.3, 0.4) is 0 Å². The molecule has 0 saturated heterocycles. The van der Waals surface area contributed by atoms with Gasteiger partial charge in [-0.2, -0.15) is 10.5 Å². The summed E-state index contributed by atoms with van der Waals surface area (Å²) in [5, 5.41) is 27.8. The van der Waals surface area contributed by atoms with Gasteiger partial charge in [-0.15, -0.1) is 0 Å². The number of non-ortho nitro benzene ring substituents is 1. The number of benzene rings is 1. The van der Waals surface area contributed by atoms with Gasteiger partial charge in [0.25, 0.3) is 11.6 Å². The number of hydrogen-bond donors (Lipinski definition) is 0. The van der Waals surface area contributed by atoms with Gasteiger partial charge in [-0.3, -0.25) is 14.9 Å². The Morgan fingerprint density at radius 2 is 1.91 bits per heavy atom. The third-order valence-electron chi connectivity index (χ3n) is 2.73. The van der Waals surface area contributed by atoms with Gasteiger partial charge in [-0.25, -0.2) is 0 Å². The van der Waals surface area contributed by atoms with Crippen LogP contribution >= 0.6 is 0 Å². The quantitative estimate of drug-likeness (QED) is 0.531. The van der Waals surface area contributed by atoms with Crippen molar-refractivity contribution in [1.29, 1.82) is 10.5 Å². The van der Waals surface area contributed by atoms with Crippen LogP contribution < -0.4 is 4.74 Å². The number of carbonyl (C=O) groups excluding carboxylic acids is 1. The largest absolute Gasteiger partial charge is 0.484 e. The van der Waals surface area contributed by atoms with Crippen LogP contribution in [0.1, 0.15) is 12.8 Å². The summed E-state index contributed by atoms with van der Waals surface area (Å²) in [5.74, 6) is -0.167. The second kappa shape index (κ2) is 8.93. The van der Waals surface area contributed by atoms with Crippen LogP contribution in [-0.4, -0.2) is 35.4 Å². The zero-order valence-corrected chi connectivity index (χ0v) is 11.8. The first-order valence-corrected chi connectivity index (χ1v) is 6.47. The lowest BCUT2D eigenvalue weighted by atomic mass is 10.3. The topological polar surface area (TPSA) is 120 Å². The van der Waals surface area contributed by atoms with Crippen molar-refractivity contribution in [1.82, 2.24) is 4.90 Å². The first-order chi connectivity index (χ1) is 10.6. The van der Waals surface area contributed by atoms with Gasteiger partial charge in [0, 0.05) is 19.2 Å². The van der Waals surface area contributed by atoms with E-state index in [-0.39, 0.29) is 49.9 Å². The Kier molecular flexibility index (Phi) is 6.87. The molecule has 8 nitrogen and oxygen atoms in total. The summed E-state index contributed by atoms with van der Waals surface area (Å²) in [7, 11) is 0. The lowest BCUT2D eigenvalue weighted by Gasteiger charge is -2.20. The predicted octanol–water partition coefficient (Wildman–Crippen LogP) is 1.63. The average Bonchev–Trinajstić information content (AvgIpc) is 2.53. The number of nitrogens with zero attached hydrogens (tertiary/aromatic N) is 4. The van der Waals surface area contributed by atoms with E-state index in [0.29, 0.717) is 0 Å². The highest BCUT2D eigenvalue weighted by molar-refractivity contribution is 5.77. The molecule has 1 aromatic carbocycles. The highest BCUT2D eigenvalue weighted by Crippen LogP contribution is 2.19. The molecule has 0 heterocycles. The highest BCUT2D eigenvalue weighted by atomic mass is 16.6. The third kappa shape index (κ3) is 5.47. The summed E-state index contributed by atoms with van der Waals surface area (Å²) in [5.41, 5.74) is -0.129. The van der Waals surface area contributed by atoms with E-state index < -0.39 is 4.92 Å². The van der Waals surface area contributed by atoms with Crippen LogP contribution in [0.25, 0.3) is 0 Å². The molecule has 0 atom stereocenters. The van der Waals surface area contributed by atoms with Gasteiger partial charge in [0.1, 0.15) is 5.75 Å². The Morgan fingerprint density at radius 3 is 2.45 bits per heavy atom. The molecule has 114 valence electrons. The monoisotopic (exact) mass is 302 g/mol. The van der Waals surface area contributed by atoms with Gasteiger partial charge in [-0.1, -0.05) is 6.07 Å². The molecule has 0 aliphatic rings. The maximum Gasteiger partial charge on any atom is 0.273 e. The van der Waals surface area contributed by atoms with Gasteiger partial charge in [0.15, 0.2) is 6.61 Å². The summed E-state index contributed by atoms with van der Waals surface area (Å²) in [6.07, 6.45) is 0.321. The van der Waals surface area contributed by atoms with E-state index in [1.54, 1.807) is 0 Å². The van der Waals surface area contributed by atoms with Crippen molar-refractivity contribution in [2.24, 2.45) is 0 Å². The summed E-state index contributed by atoms with van der Waals surface area (Å²) in [6, 6.07) is 9.37. The fourth-order valence-electron chi connectivity index (χ4n) is 1.65. The van der Waals surface area contributed by atoms with Crippen molar-refractivity contribution < 1.29 is 14.5 Å². The standard InChI is InChI=1S/C14H14N4O4/c15-6-2-8-17(9-3-7-16)14(19)11-22-13-5-1-4-12(10-13)18(20)21/h1,4-5,10H,2-3,8-9,11H2. The van der Waals surface area contributed by atoms with Crippen LogP contribution in [0, 0.1) is 32.8 Å². The van der Waals surface area contributed by atoms with Crippen LogP contribution in [0.5, 0.6) is 5.75 Å². The minimum atomic E-state index is -0.555. The van der Waals surface area contributed by atoms with Crippen LogP contribution in [0.4, 0.5) is 5.69 Å². The number of hydrogen-bond acceptors (Lipinski definition) is 6. The van der Waals surface area contributed by atoms with Crippen LogP contribution in [0.15, 0.2) is 24.3 Å². The molecule has 0 aromatic heterocycles. The van der Waals surface area contributed by atoms with E-state index in [1.165, 1.54) is 29.2 Å². The average molecular weight is 302 g/mol. The Labute approximate surface area is 127 Å². The molecule has 0 unspecified atom stereocenters. The normalized spacial score (nSPS) is 9.36. The zero-order valence-electron chi connectivity index (χ0n) is 11.8. The van der Waals surface area contributed by atoms with Gasteiger partial charge < -0.3 is 9.64 Å². The summed E-state index contributed by atoms with van der Waals surface area (Å²) < 4.78 is 5.24. The van der Waals surface area contributed by atoms with E-state index in [4.69, 9.17) is 15.3 Å². The summed E-state index contributed by atoms with van der Waals surface area (Å²) >= 11 is 0. The Hall–Kier alpha value is -3.13. The molecule has 0 N–H and O–H groups in total. The number of nitriles is 2. The number of nitro groups is 1. The van der Waals surface area contributed by atoms with Gasteiger partial charge in [-0.05, 0) is 6.07 Å². The first-order valence-electron chi connectivity index (χ1n) is 6.47. The number of carbonyl (C=O) groups is 1. The van der Waals surface area contributed by atoms with E-state index in [2.05, 4.69) is 0 Å². The lowest BCUT2D eigenvalue weighted by Crippen LogP contribution is -2.36. The van der Waals surface area contributed by atoms with Gasteiger partial charge in [0.2, 0.25) is 0 Å². The van der Waals surface area contributed by atoms with E-state index >= 15 is 0 Å². The van der Waals surface area contributed by atoms with Crippen molar-refractivity contribution in [2.75, 3.05) is 19.7 Å². The number of rotatable bonds is 8. The fraction of sp³-hybridized carbons (Fsp3) is 0.357. The SMILES string of the molecule is N#CCCN(CCC#N)C(=O)COc1cccc([N+](=O)[O-])c1. The molecule has 0 aliphatic heterocycles. The molecule has 0 saturated carbocycles. The second-order valence-electron chi connectivity index (χ2n) is 4.24. The summed E-state index contributed by atoms with van der Waals surface area (Å²) in [4.78, 5) is 23.5. The van der Waals surface area contributed by atoms with Crippen LogP contribution in [0.2, 0.25) is 0 Å². The predicted molar refractivity (Wildman–Crippen MR) is 75.6 cm³/mol. The minimum absolute atomic E-state index is 0.129. The molecule has 22 heavy (non-hydrogen) atoms. The van der Waals surface area contributed by atoms with E-state index in [1.807, 2.05) is 12.1 Å². The van der Waals surface area contributed by atoms with Gasteiger partial charge in [0.05, 0.1) is 36.0 Å². The fourth-order valence-corrected chi connectivity index (χ4v) is 1.65. The Balaban J connectivity index is 2.62. The maximum absolute atomic E-state index is 12.0. The van der Waals surface area contributed by atoms with Crippen molar-refractivity contribution >= 4 is 11.6 Å². The molecule has 1 aromatic rings. The molecular weight excluding hydrogens is 288 g/mol. The number of amides is 1. The molecule has 0 bridgehead atoms. The maximum atomic E-state index is 12.0. The number of nitro benzene ring substituents is 1. The Morgan fingerprint density at radius 1 is 1.27 bits per heavy atom. The molecule has 1 rings (SSSR count). The lowest BCUT2D eigenvalue weighted by molar-refractivity contribution is -0.384. The molecule has 0 radical (unpaired) electrons. The number of ether oxygens (including phenoxy) is 1. The van der Waals surface area contributed by atoms with Crippen molar-refractivity contribution in [3.8, 4) is 17.9 Å². The highest BCUT2D eigenvalue weighted by Gasteiger charge is 2.14. The van der Waals surface area contributed by atoms with Crippen molar-refractivity contribution in [3.05, 3.63) is 34.4 Å². The minimum Gasteiger partial charge on any atom is -0.484 e. The van der Waals surface area contributed by atoms with Crippen molar-refractivity contribution in [2.45, 2.75) is 12.8 Å². The third-order valence-corrected chi connectivity index (χ3v) is 2.73. The van der Waals surface area contributed by atoms with Crippen LogP contribution in [-0.2, 0) is 4.79 Å². The van der Waals surface area contributed by atoms with E-state index in [9.17, 15) is 14.9 Å². The molecule has 0 aliphatic carbocycles.